The van der Waals surface area contributed by atoms with Crippen LogP contribution in [0.25, 0.3) is 0 Å². The van der Waals surface area contributed by atoms with Gasteiger partial charge in [0.05, 0.1) is 16.5 Å². The van der Waals surface area contributed by atoms with E-state index in [-0.39, 0.29) is 30.8 Å². The summed E-state index contributed by atoms with van der Waals surface area (Å²) >= 11 is 12.1. The van der Waals surface area contributed by atoms with Crippen molar-refractivity contribution in [3.63, 3.8) is 0 Å². The van der Waals surface area contributed by atoms with E-state index in [1.54, 1.807) is 43.3 Å². The molecule has 0 aromatic heterocycles. The van der Waals surface area contributed by atoms with Crippen LogP contribution in [-0.2, 0) is 22.6 Å². The van der Waals surface area contributed by atoms with Crippen molar-refractivity contribution in [2.45, 2.75) is 57.7 Å². The first kappa shape index (κ1) is 22.6. The van der Waals surface area contributed by atoms with Gasteiger partial charge in [-0.15, -0.1) is 0 Å². The molecule has 2 aromatic carbocycles. The molecular weight excluding hydrogens is 426 g/mol. The Balaban J connectivity index is 1.80. The Labute approximate surface area is 186 Å². The summed E-state index contributed by atoms with van der Waals surface area (Å²) in [6.07, 6.45) is 3.97. The van der Waals surface area contributed by atoms with Gasteiger partial charge in [0.2, 0.25) is 11.8 Å². The number of amides is 2. The third-order valence-corrected chi connectivity index (χ3v) is 6.24. The summed E-state index contributed by atoms with van der Waals surface area (Å²) in [5.74, 6) is -0.979. The predicted molar refractivity (Wildman–Crippen MR) is 117 cm³/mol. The molecule has 30 heavy (non-hydrogen) atoms. The first-order chi connectivity index (χ1) is 14.3. The lowest BCUT2D eigenvalue weighted by molar-refractivity contribution is -0.140. The molecule has 2 amide bonds. The molecule has 3 rings (SSSR count). The molecule has 0 radical (unpaired) electrons. The molecule has 0 bridgehead atoms. The summed E-state index contributed by atoms with van der Waals surface area (Å²) < 4.78 is 14.1. The summed E-state index contributed by atoms with van der Waals surface area (Å²) in [5, 5.41) is 3.83. The lowest BCUT2D eigenvalue weighted by Crippen LogP contribution is -2.50. The molecule has 0 unspecified atom stereocenters. The van der Waals surface area contributed by atoms with Crippen molar-refractivity contribution in [1.29, 1.82) is 0 Å². The SMILES string of the molecule is C[C@H](C(=O)NC1CCCC1)N(Cc1ccc(Cl)c(Cl)c1)C(=O)Cc1ccccc1F. The quantitative estimate of drug-likeness (QED) is 0.633. The molecule has 1 N–H and O–H groups in total. The molecule has 0 heterocycles. The number of hydrogen-bond acceptors (Lipinski definition) is 2. The van der Waals surface area contributed by atoms with Gasteiger partial charge in [-0.2, -0.15) is 0 Å². The highest BCUT2D eigenvalue weighted by Crippen LogP contribution is 2.24. The van der Waals surface area contributed by atoms with Gasteiger partial charge in [-0.25, -0.2) is 4.39 Å². The van der Waals surface area contributed by atoms with Gasteiger partial charge in [0.15, 0.2) is 0 Å². The van der Waals surface area contributed by atoms with Crippen LogP contribution in [0.3, 0.4) is 0 Å². The second-order valence-corrected chi connectivity index (χ2v) is 8.52. The number of hydrogen-bond donors (Lipinski definition) is 1. The average molecular weight is 451 g/mol. The van der Waals surface area contributed by atoms with E-state index in [0.29, 0.717) is 15.6 Å². The van der Waals surface area contributed by atoms with Crippen LogP contribution in [0.2, 0.25) is 10.0 Å². The Morgan fingerprint density at radius 3 is 2.50 bits per heavy atom. The van der Waals surface area contributed by atoms with Gasteiger partial charge in [0.1, 0.15) is 11.9 Å². The van der Waals surface area contributed by atoms with Crippen LogP contribution in [0.1, 0.15) is 43.7 Å². The summed E-state index contributed by atoms with van der Waals surface area (Å²) in [6.45, 7) is 1.87. The van der Waals surface area contributed by atoms with E-state index >= 15 is 0 Å². The summed E-state index contributed by atoms with van der Waals surface area (Å²) in [5.41, 5.74) is 1.04. The van der Waals surface area contributed by atoms with E-state index in [9.17, 15) is 14.0 Å². The Morgan fingerprint density at radius 2 is 1.83 bits per heavy atom. The fraction of sp³-hybridized carbons (Fsp3) is 0.391. The van der Waals surface area contributed by atoms with Crippen molar-refractivity contribution in [2.75, 3.05) is 0 Å². The standard InChI is InChI=1S/C23H25Cl2FN2O2/c1-15(23(30)27-18-7-3-4-8-18)28(14-16-10-11-19(24)20(25)12-16)22(29)13-17-6-2-5-9-21(17)26/h2,5-6,9-12,15,18H,3-4,7-8,13-14H2,1H3,(H,27,30)/t15-/m1/s1. The number of rotatable bonds is 7. The monoisotopic (exact) mass is 450 g/mol. The number of benzene rings is 2. The number of nitrogens with one attached hydrogen (secondary N) is 1. The third-order valence-electron chi connectivity index (χ3n) is 5.51. The van der Waals surface area contributed by atoms with Gasteiger partial charge in [0, 0.05) is 12.6 Å². The molecule has 0 saturated heterocycles. The topological polar surface area (TPSA) is 49.4 Å². The van der Waals surface area contributed by atoms with Crippen LogP contribution < -0.4 is 5.32 Å². The Bertz CT molecular complexity index is 916. The van der Waals surface area contributed by atoms with Crippen LogP contribution in [0.4, 0.5) is 4.39 Å². The van der Waals surface area contributed by atoms with Gasteiger partial charge in [-0.1, -0.05) is 60.3 Å². The fourth-order valence-electron chi connectivity index (χ4n) is 3.72. The molecule has 1 aliphatic carbocycles. The van der Waals surface area contributed by atoms with Gasteiger partial charge in [-0.3, -0.25) is 9.59 Å². The molecule has 4 nitrogen and oxygen atoms in total. The number of carbonyl (C=O) groups is 2. The highest BCUT2D eigenvalue weighted by molar-refractivity contribution is 6.42. The second-order valence-electron chi connectivity index (χ2n) is 7.70. The zero-order valence-electron chi connectivity index (χ0n) is 16.8. The second kappa shape index (κ2) is 10.3. The minimum atomic E-state index is -0.709. The first-order valence-corrected chi connectivity index (χ1v) is 10.9. The van der Waals surface area contributed by atoms with Crippen molar-refractivity contribution in [3.05, 3.63) is 69.5 Å². The van der Waals surface area contributed by atoms with Gasteiger partial charge in [-0.05, 0) is 49.1 Å². The molecule has 1 fully saturated rings. The molecule has 1 saturated carbocycles. The fourth-order valence-corrected chi connectivity index (χ4v) is 4.04. The average Bonchev–Trinajstić information content (AvgIpc) is 3.23. The van der Waals surface area contributed by atoms with Crippen molar-refractivity contribution < 1.29 is 14.0 Å². The maximum atomic E-state index is 14.1. The largest absolute Gasteiger partial charge is 0.352 e. The first-order valence-electron chi connectivity index (χ1n) is 10.1. The summed E-state index contributed by atoms with van der Waals surface area (Å²) in [6, 6.07) is 10.7. The minimum absolute atomic E-state index is 0.130. The molecule has 0 aliphatic heterocycles. The molecule has 2 aromatic rings. The normalized spacial score (nSPS) is 15.1. The maximum absolute atomic E-state index is 14.1. The van der Waals surface area contributed by atoms with Gasteiger partial charge >= 0.3 is 0 Å². The summed E-state index contributed by atoms with van der Waals surface area (Å²) in [4.78, 5) is 27.4. The van der Waals surface area contributed by atoms with Crippen LogP contribution in [0, 0.1) is 5.82 Å². The Kier molecular flexibility index (Phi) is 7.73. The van der Waals surface area contributed by atoms with E-state index in [1.165, 1.54) is 11.0 Å². The van der Waals surface area contributed by atoms with Crippen molar-refractivity contribution in [2.24, 2.45) is 0 Å². The lowest BCUT2D eigenvalue weighted by Gasteiger charge is -2.30. The molecule has 1 aliphatic rings. The van der Waals surface area contributed by atoms with Crippen LogP contribution in [0.5, 0.6) is 0 Å². The van der Waals surface area contributed by atoms with Crippen molar-refractivity contribution in [1.82, 2.24) is 10.2 Å². The molecule has 7 heteroatoms. The van der Waals surface area contributed by atoms with E-state index in [4.69, 9.17) is 23.2 Å². The predicted octanol–water partition coefficient (Wildman–Crippen LogP) is 5.15. The van der Waals surface area contributed by atoms with E-state index < -0.39 is 11.9 Å². The molecule has 1 atom stereocenters. The summed E-state index contributed by atoms with van der Waals surface area (Å²) in [7, 11) is 0. The Morgan fingerprint density at radius 1 is 1.13 bits per heavy atom. The zero-order valence-corrected chi connectivity index (χ0v) is 18.3. The van der Waals surface area contributed by atoms with Crippen LogP contribution >= 0.6 is 23.2 Å². The van der Waals surface area contributed by atoms with E-state index in [1.807, 2.05) is 0 Å². The van der Waals surface area contributed by atoms with Gasteiger partial charge < -0.3 is 10.2 Å². The highest BCUT2D eigenvalue weighted by Gasteiger charge is 2.29. The van der Waals surface area contributed by atoms with Crippen LogP contribution in [0.15, 0.2) is 42.5 Å². The van der Waals surface area contributed by atoms with Crippen LogP contribution in [-0.4, -0.2) is 28.8 Å². The van der Waals surface area contributed by atoms with E-state index in [0.717, 1.165) is 31.2 Å². The molecule has 0 spiro atoms. The lowest BCUT2D eigenvalue weighted by atomic mass is 10.1. The zero-order chi connectivity index (χ0) is 21.7. The molecule has 160 valence electrons. The third kappa shape index (κ3) is 5.73. The maximum Gasteiger partial charge on any atom is 0.242 e. The highest BCUT2D eigenvalue weighted by atomic mass is 35.5. The minimum Gasteiger partial charge on any atom is -0.352 e. The number of halogens is 3. The number of nitrogens with zero attached hydrogens (tertiary/aromatic N) is 1. The van der Waals surface area contributed by atoms with Crippen molar-refractivity contribution >= 4 is 35.0 Å². The number of carbonyl (C=O) groups excluding carboxylic acids is 2. The van der Waals surface area contributed by atoms with Crippen molar-refractivity contribution in [3.8, 4) is 0 Å². The Hall–Kier alpha value is -2.11. The van der Waals surface area contributed by atoms with E-state index in [2.05, 4.69) is 5.32 Å². The smallest absolute Gasteiger partial charge is 0.242 e. The molecular formula is C23H25Cl2FN2O2. The van der Waals surface area contributed by atoms with Gasteiger partial charge in [0.25, 0.3) is 0 Å².